The number of rotatable bonds is 37. The van der Waals surface area contributed by atoms with Gasteiger partial charge in [0.15, 0.2) is 0 Å². The molecular weight excluding hydrogens is 719 g/mol. The third-order valence-electron chi connectivity index (χ3n) is 9.37. The van der Waals surface area contributed by atoms with Crippen LogP contribution in [0.25, 0.3) is 0 Å². The zero-order valence-corrected chi connectivity index (χ0v) is 36.2. The molecule has 6 N–H and O–H groups in total. The molecule has 0 aliphatic rings. The number of carboxylic acids is 3. The maximum atomic E-state index is 13.0. The van der Waals surface area contributed by atoms with Gasteiger partial charge in [-0.15, -0.1) is 0 Å². The Bertz CT molecular complexity index is 1110. The molecule has 0 aliphatic carbocycles. The van der Waals surface area contributed by atoms with Gasteiger partial charge in [0.05, 0.1) is 0 Å². The molecule has 0 heterocycles. The molecule has 0 spiro atoms. The number of carboxylic acid groups (broad SMARTS) is 3. The van der Waals surface area contributed by atoms with Gasteiger partial charge in [0, 0.05) is 25.8 Å². The van der Waals surface area contributed by atoms with Crippen LogP contribution < -0.4 is 50.6 Å². The number of aliphatic carboxylic acids is 3. The first-order chi connectivity index (χ1) is 25.9. The topological polar surface area (TPSA) is 235 Å². The third-order valence-corrected chi connectivity index (χ3v) is 9.37. The van der Waals surface area contributed by atoms with Gasteiger partial charge in [-0.2, -0.15) is 0 Å². The van der Waals surface area contributed by atoms with E-state index in [9.17, 15) is 39.0 Å². The summed E-state index contributed by atoms with van der Waals surface area (Å²) >= 11 is 0. The van der Waals surface area contributed by atoms with Gasteiger partial charge < -0.3 is 36.4 Å². The average molecular weight is 791 g/mol. The molecule has 15 heteroatoms. The van der Waals surface area contributed by atoms with E-state index in [0.717, 1.165) is 44.9 Å². The Morgan fingerprint density at radius 2 is 1.00 bits per heavy atom. The van der Waals surface area contributed by atoms with Crippen LogP contribution in [0, 0.1) is 0 Å². The minimum atomic E-state index is -1.31. The molecule has 0 fully saturated rings. The van der Waals surface area contributed by atoms with Crippen molar-refractivity contribution in [2.75, 3.05) is 6.54 Å². The van der Waals surface area contributed by atoms with Crippen molar-refractivity contribution in [1.82, 2.24) is 16.0 Å². The summed E-state index contributed by atoms with van der Waals surface area (Å²) in [6.07, 6.45) is 19.3. The zero-order chi connectivity index (χ0) is 40.4. The predicted molar refractivity (Wildman–Crippen MR) is 207 cm³/mol. The van der Waals surface area contributed by atoms with Gasteiger partial charge >= 0.3 is 47.5 Å². The van der Waals surface area contributed by atoms with Crippen LogP contribution in [0.3, 0.4) is 0 Å². The Hall–Kier alpha value is -2.71. The number of carbonyl (C=O) groups excluding carboxylic acids is 3. The van der Waals surface area contributed by atoms with Gasteiger partial charge in [-0.3, -0.25) is 29.0 Å². The number of hydrogen-bond donors (Lipinski definition) is 6. The molecule has 312 valence electrons. The maximum absolute atomic E-state index is 13.0. The summed E-state index contributed by atoms with van der Waals surface area (Å²) in [6.45, 7) is 4.46. The van der Waals surface area contributed by atoms with Crippen molar-refractivity contribution in [2.24, 2.45) is 4.99 Å². The molecule has 0 radical (unpaired) electrons. The molecule has 0 rings (SSSR count). The van der Waals surface area contributed by atoms with Crippen molar-refractivity contribution < 1.29 is 78.8 Å². The van der Waals surface area contributed by atoms with Crippen molar-refractivity contribution in [3.05, 3.63) is 0 Å². The largest absolute Gasteiger partial charge is 1.00 e. The summed E-state index contributed by atoms with van der Waals surface area (Å²) in [5.74, 6) is -5.77. The molecule has 3 amide bonds. The van der Waals surface area contributed by atoms with Gasteiger partial charge in [0.2, 0.25) is 17.7 Å². The number of aliphatic imine (C=N–C) groups is 1. The van der Waals surface area contributed by atoms with Gasteiger partial charge in [-0.05, 0) is 57.3 Å². The number of nitrogens with zero attached hydrogens (tertiary/aromatic N) is 1. The molecule has 0 unspecified atom stereocenters. The first-order valence-corrected chi connectivity index (χ1v) is 20.7. The molecule has 0 aliphatic heterocycles. The SMILES string of the molecule is CCCCCCCCCCCC(=O)N[C@@H](CCC(=O)O)C(=O)N[C@@H](CCCCNC(=O)[C@H](CCC(=O)O)N=C([O-])CCCCCCCCCCC)C(=O)O.[Na+]. The number of amides is 3. The van der Waals surface area contributed by atoms with E-state index in [0.29, 0.717) is 19.3 Å². The van der Waals surface area contributed by atoms with Gasteiger partial charge in [-0.1, -0.05) is 117 Å². The van der Waals surface area contributed by atoms with Crippen LogP contribution in [-0.2, 0) is 28.8 Å². The molecule has 3 atom stereocenters. The van der Waals surface area contributed by atoms with Gasteiger partial charge in [0.25, 0.3) is 0 Å². The number of carbonyl (C=O) groups is 6. The second kappa shape index (κ2) is 36.9. The summed E-state index contributed by atoms with van der Waals surface area (Å²) in [5.41, 5.74) is 0. The van der Waals surface area contributed by atoms with E-state index in [4.69, 9.17) is 10.2 Å². The van der Waals surface area contributed by atoms with E-state index in [1.54, 1.807) is 0 Å². The Morgan fingerprint density at radius 1 is 0.527 bits per heavy atom. The fourth-order valence-corrected chi connectivity index (χ4v) is 6.07. The van der Waals surface area contributed by atoms with Gasteiger partial charge in [0.1, 0.15) is 18.1 Å². The molecular formula is C40H71N4NaO10. The van der Waals surface area contributed by atoms with E-state index >= 15 is 0 Å². The van der Waals surface area contributed by atoms with Crippen molar-refractivity contribution in [2.45, 2.75) is 205 Å². The summed E-state index contributed by atoms with van der Waals surface area (Å²) in [5, 5.41) is 48.1. The fraction of sp³-hybridized carbons (Fsp3) is 0.825. The van der Waals surface area contributed by atoms with Crippen molar-refractivity contribution in [1.29, 1.82) is 0 Å². The van der Waals surface area contributed by atoms with Gasteiger partial charge in [-0.25, -0.2) is 4.79 Å². The smallest absolute Gasteiger partial charge is 0.862 e. The quantitative estimate of drug-likeness (QED) is 0.0233. The third kappa shape index (κ3) is 33.2. The Balaban J connectivity index is 0. The maximum Gasteiger partial charge on any atom is 1.00 e. The number of nitrogens with one attached hydrogen (secondary N) is 3. The molecule has 55 heavy (non-hydrogen) atoms. The summed E-state index contributed by atoms with van der Waals surface area (Å²) in [6, 6.07) is -3.66. The minimum absolute atomic E-state index is 0. The normalized spacial score (nSPS) is 12.9. The first-order valence-electron chi connectivity index (χ1n) is 20.7. The summed E-state index contributed by atoms with van der Waals surface area (Å²) in [7, 11) is 0. The molecule has 0 saturated heterocycles. The summed E-state index contributed by atoms with van der Waals surface area (Å²) in [4.78, 5) is 76.7. The molecule has 0 aromatic heterocycles. The van der Waals surface area contributed by atoms with Crippen LogP contribution in [-0.4, -0.2) is 81.5 Å². The number of hydrogen-bond acceptors (Lipinski definition) is 8. The zero-order valence-electron chi connectivity index (χ0n) is 34.2. The van der Waals surface area contributed by atoms with E-state index in [1.807, 2.05) is 0 Å². The van der Waals surface area contributed by atoms with Crippen LogP contribution in [0.1, 0.15) is 187 Å². The van der Waals surface area contributed by atoms with Crippen LogP contribution in [0.4, 0.5) is 0 Å². The van der Waals surface area contributed by atoms with E-state index in [2.05, 4.69) is 34.8 Å². The molecule has 0 aromatic carbocycles. The van der Waals surface area contributed by atoms with E-state index < -0.39 is 66.1 Å². The van der Waals surface area contributed by atoms with Crippen molar-refractivity contribution in [3.8, 4) is 0 Å². The van der Waals surface area contributed by atoms with Crippen LogP contribution in [0.15, 0.2) is 4.99 Å². The molecule has 0 saturated carbocycles. The molecule has 0 aromatic rings. The van der Waals surface area contributed by atoms with Crippen LogP contribution in [0.2, 0.25) is 0 Å². The van der Waals surface area contributed by atoms with E-state index in [1.165, 1.54) is 57.8 Å². The van der Waals surface area contributed by atoms with Crippen molar-refractivity contribution >= 4 is 41.5 Å². The van der Waals surface area contributed by atoms with Crippen LogP contribution in [0.5, 0.6) is 0 Å². The average Bonchev–Trinajstić information content (AvgIpc) is 3.12. The standard InChI is InChI=1S/C40H72N4O10.Na/c1-3-5-7-9-11-13-15-17-19-24-34(45)42-31(26-28-36(47)48)38(51)41-30-22-21-23-33(40(53)54)44-39(52)32(27-29-37(49)50)43-35(46)25-20-18-16-14-12-10-8-6-4-2;/h31-33H,3-30H2,1-2H3,(H,41,51)(H,42,45)(H,43,46)(H,44,52)(H,47,48)(H,49,50)(H,53,54);/q;+1/p-1/t31-,32-,33-;/m0./s1. The Morgan fingerprint density at radius 3 is 1.49 bits per heavy atom. The van der Waals surface area contributed by atoms with E-state index in [-0.39, 0.29) is 81.0 Å². The van der Waals surface area contributed by atoms with Crippen LogP contribution >= 0.6 is 0 Å². The summed E-state index contributed by atoms with van der Waals surface area (Å²) < 4.78 is 0. The second-order valence-corrected chi connectivity index (χ2v) is 14.4. The van der Waals surface area contributed by atoms with Crippen molar-refractivity contribution in [3.63, 3.8) is 0 Å². The second-order valence-electron chi connectivity index (χ2n) is 14.4. The number of unbranched alkanes of at least 4 members (excludes halogenated alkanes) is 17. The predicted octanol–water partition coefficient (Wildman–Crippen LogP) is 3.03. The first kappa shape index (κ1) is 54.4. The molecule has 14 nitrogen and oxygen atoms in total. The fourth-order valence-electron chi connectivity index (χ4n) is 6.07. The monoisotopic (exact) mass is 791 g/mol. The molecule has 0 bridgehead atoms. The minimum Gasteiger partial charge on any atom is -0.862 e. The Kier molecular flexibility index (Phi) is 36.5. The Labute approximate surface area is 351 Å².